The molecule has 1 aliphatic rings. The van der Waals surface area contributed by atoms with Gasteiger partial charge in [0.05, 0.1) is 24.5 Å². The zero-order valence-electron chi connectivity index (χ0n) is 30.2. The second-order valence-electron chi connectivity index (χ2n) is 12.9. The average molecular weight is 806 g/mol. The number of hydrogen-bond acceptors (Lipinski definition) is 13. The quantitative estimate of drug-likeness (QED) is 0.0395. The molecule has 0 fully saturated rings. The van der Waals surface area contributed by atoms with Gasteiger partial charge in [-0.15, -0.1) is 20.2 Å². The van der Waals surface area contributed by atoms with Crippen LogP contribution in [0.4, 0.5) is 13.2 Å². The van der Waals surface area contributed by atoms with E-state index < -0.39 is 61.5 Å². The summed E-state index contributed by atoms with van der Waals surface area (Å²) in [6, 6.07) is 10.6. The van der Waals surface area contributed by atoms with Gasteiger partial charge >= 0.3 is 16.3 Å². The van der Waals surface area contributed by atoms with Crippen LogP contribution in [0.5, 0.6) is 34.5 Å². The van der Waals surface area contributed by atoms with E-state index in [1.165, 1.54) is 18.2 Å². The summed E-state index contributed by atoms with van der Waals surface area (Å²) < 4.78 is 84.5. The number of ether oxygens (including phenoxy) is 2. The number of unbranched alkanes of at least 4 members (excludes halogenated alkanes) is 1. The summed E-state index contributed by atoms with van der Waals surface area (Å²) in [7, 11) is -4.46. The highest BCUT2D eigenvalue weighted by Gasteiger charge is 2.35. The fourth-order valence-corrected chi connectivity index (χ4v) is 7.24. The second kappa shape index (κ2) is 18.5. The maximum absolute atomic E-state index is 13.8. The van der Waals surface area contributed by atoms with Crippen LogP contribution >= 0.6 is 0 Å². The summed E-state index contributed by atoms with van der Waals surface area (Å²) >= 11 is 0. The number of aromatic hydroxyl groups is 1. The van der Waals surface area contributed by atoms with Gasteiger partial charge in [0.25, 0.3) is 10.2 Å². The smallest absolute Gasteiger partial charge is 0.417 e. The molecule has 15 nitrogen and oxygen atoms in total. The molecule has 300 valence electrons. The van der Waals surface area contributed by atoms with E-state index in [9.17, 15) is 52.2 Å². The molecule has 4 rings (SSSR count). The highest BCUT2D eigenvalue weighted by Crippen LogP contribution is 2.48. The first kappa shape index (κ1) is 42.7. The van der Waals surface area contributed by atoms with Crippen molar-refractivity contribution in [1.29, 1.82) is 5.26 Å². The number of phenols is 1. The fraction of sp³-hybridized carbons (Fsp3) is 0.378. The predicted molar refractivity (Wildman–Crippen MR) is 193 cm³/mol. The van der Waals surface area contributed by atoms with E-state index >= 15 is 0 Å². The van der Waals surface area contributed by atoms with Crippen molar-refractivity contribution in [2.24, 2.45) is 5.92 Å². The number of alkyl halides is 3. The van der Waals surface area contributed by atoms with Gasteiger partial charge in [0.15, 0.2) is 0 Å². The minimum Gasteiger partial charge on any atom is -0.508 e. The fourth-order valence-electron chi connectivity index (χ4n) is 6.30. The van der Waals surface area contributed by atoms with Gasteiger partial charge in [-0.25, -0.2) is 0 Å². The maximum atomic E-state index is 13.8. The van der Waals surface area contributed by atoms with Crippen LogP contribution in [0.1, 0.15) is 74.1 Å². The highest BCUT2D eigenvalue weighted by molar-refractivity contribution is 7.87. The molecule has 0 amide bonds. The molecule has 0 aromatic heterocycles. The Labute approximate surface area is 319 Å². The van der Waals surface area contributed by atoms with Crippen LogP contribution in [0.25, 0.3) is 0 Å². The Morgan fingerprint density at radius 1 is 0.982 bits per heavy atom. The number of nitrogens with zero attached hydrogens (tertiary/aromatic N) is 3. The molecule has 19 heteroatoms. The number of halogens is 3. The van der Waals surface area contributed by atoms with Crippen LogP contribution in [0.15, 0.2) is 72.3 Å². The Morgan fingerprint density at radius 2 is 1.61 bits per heavy atom. The molecule has 0 saturated heterocycles. The summed E-state index contributed by atoms with van der Waals surface area (Å²) in [5.41, 5.74) is 1.09. The van der Waals surface area contributed by atoms with Crippen molar-refractivity contribution < 1.29 is 60.2 Å². The molecule has 2 atom stereocenters. The Balaban J connectivity index is 1.84. The third-order valence-electron chi connectivity index (χ3n) is 8.67. The van der Waals surface area contributed by atoms with Gasteiger partial charge < -0.3 is 28.4 Å². The van der Waals surface area contributed by atoms with E-state index in [4.69, 9.17) is 13.7 Å². The molecule has 0 saturated carbocycles. The lowest BCUT2D eigenvalue weighted by Gasteiger charge is -2.33. The first-order valence-electron chi connectivity index (χ1n) is 17.1. The third-order valence-corrected chi connectivity index (χ3v) is 9.91. The first-order chi connectivity index (χ1) is 26.4. The number of hydrogen-bond donors (Lipinski definition) is 1. The zero-order chi connectivity index (χ0) is 41.2. The van der Waals surface area contributed by atoms with E-state index in [2.05, 4.69) is 22.3 Å². The van der Waals surface area contributed by atoms with Crippen molar-refractivity contribution in [2.45, 2.75) is 64.5 Å². The lowest BCUT2D eigenvalue weighted by molar-refractivity contribution is -0.757. The Morgan fingerprint density at radius 3 is 2.21 bits per heavy atom. The molecule has 0 spiro atoms. The molecule has 56 heavy (non-hydrogen) atoms. The third kappa shape index (κ3) is 12.0. The maximum Gasteiger partial charge on any atom is 0.417 e. The minimum absolute atomic E-state index is 0.0783. The molecule has 0 aliphatic heterocycles. The van der Waals surface area contributed by atoms with Gasteiger partial charge in [0, 0.05) is 35.7 Å². The molecule has 3 aromatic carbocycles. The highest BCUT2D eigenvalue weighted by atomic mass is 32.2. The van der Waals surface area contributed by atoms with Gasteiger partial charge in [-0.05, 0) is 82.1 Å². The van der Waals surface area contributed by atoms with Gasteiger partial charge in [0.2, 0.25) is 0 Å². The summed E-state index contributed by atoms with van der Waals surface area (Å²) in [6.07, 6.45) is -0.593. The summed E-state index contributed by atoms with van der Waals surface area (Å²) in [5.74, 6) is -2.64. The van der Waals surface area contributed by atoms with Gasteiger partial charge in [-0.2, -0.15) is 26.9 Å². The van der Waals surface area contributed by atoms with Crippen LogP contribution in [-0.4, -0.2) is 42.7 Å². The van der Waals surface area contributed by atoms with Crippen molar-refractivity contribution in [1.82, 2.24) is 0 Å². The number of nitriles is 1. The van der Waals surface area contributed by atoms with Crippen LogP contribution in [0.3, 0.4) is 0 Å². The van der Waals surface area contributed by atoms with E-state index in [1.54, 1.807) is 6.07 Å². The van der Waals surface area contributed by atoms with Crippen molar-refractivity contribution in [2.75, 3.05) is 19.0 Å². The van der Waals surface area contributed by atoms with Crippen LogP contribution < -0.4 is 13.7 Å². The van der Waals surface area contributed by atoms with Crippen molar-refractivity contribution in [3.63, 3.8) is 0 Å². The van der Waals surface area contributed by atoms with Gasteiger partial charge in [-0.3, -0.25) is 0 Å². The average Bonchev–Trinajstić information content (AvgIpc) is 3.08. The molecule has 0 unspecified atom stereocenters. The van der Waals surface area contributed by atoms with E-state index in [0.29, 0.717) is 36.5 Å². The molecule has 0 heterocycles. The van der Waals surface area contributed by atoms with E-state index in [-0.39, 0.29) is 47.9 Å². The standard InChI is InChI=1S/C37H38F3N3O12S/c1-23(2)30-12-11-24(3)16-31(30)36-25(8-4-5-13-51-42(45)46)17-26(44)18-35(36)54-28-19-27(53-34-10-6-9-33(32(34)22-41)37(38,39)40)20-29(21-28)55-56(49,50)15-7-14-52-43(47)48/h6,9-10,16-21,30-31,44H,1,4-5,7-8,11-15H2,2-3H3/t30-,31+/m1/s1. The number of aryl methyl sites for hydroxylation is 1. The molecule has 0 bridgehead atoms. The molecule has 1 N–H and O–H groups in total. The van der Waals surface area contributed by atoms with E-state index in [1.807, 2.05) is 13.8 Å². The first-order valence-corrected chi connectivity index (χ1v) is 18.7. The summed E-state index contributed by atoms with van der Waals surface area (Å²) in [5, 5.41) is 39.7. The normalized spacial score (nSPS) is 15.5. The number of allylic oxidation sites excluding steroid dienone is 3. The van der Waals surface area contributed by atoms with Crippen LogP contribution in [0.2, 0.25) is 0 Å². The number of benzene rings is 3. The minimum atomic E-state index is -4.91. The molecule has 1 aliphatic carbocycles. The molecule has 0 radical (unpaired) electrons. The lowest BCUT2D eigenvalue weighted by Crippen LogP contribution is -2.19. The Hall–Kier alpha value is -6.03. The largest absolute Gasteiger partial charge is 0.508 e. The van der Waals surface area contributed by atoms with E-state index in [0.717, 1.165) is 48.3 Å². The van der Waals surface area contributed by atoms with Crippen molar-refractivity contribution in [3.05, 3.63) is 115 Å². The Kier molecular flexibility index (Phi) is 14.1. The SMILES string of the molecule is C=C(C)[C@H]1CCC(C)=C[C@@H]1c1c(CCCCO[N+](=O)[O-])cc(O)cc1Oc1cc(Oc2cccc(C(F)(F)F)c2C#N)cc(OS(=O)(=O)CCCO[N+](=O)[O-])c1. The van der Waals surface area contributed by atoms with Gasteiger partial charge in [-0.1, -0.05) is 29.9 Å². The summed E-state index contributed by atoms with van der Waals surface area (Å²) in [6.45, 7) is 7.34. The van der Waals surface area contributed by atoms with Crippen LogP contribution in [0, 0.1) is 37.5 Å². The number of phenolic OH excluding ortho intramolecular Hbond substituents is 1. The van der Waals surface area contributed by atoms with Gasteiger partial charge in [0.1, 0.15) is 46.1 Å². The molecular formula is C37H38F3N3O12S. The molecule has 3 aromatic rings. The number of rotatable bonds is 19. The summed E-state index contributed by atoms with van der Waals surface area (Å²) in [4.78, 5) is 29.8. The Bertz CT molecular complexity index is 2130. The molecular weight excluding hydrogens is 767 g/mol. The second-order valence-corrected chi connectivity index (χ2v) is 14.6. The van der Waals surface area contributed by atoms with Crippen LogP contribution in [-0.2, 0) is 32.4 Å². The van der Waals surface area contributed by atoms with Crippen molar-refractivity contribution in [3.8, 4) is 40.6 Å². The lowest BCUT2D eigenvalue weighted by atomic mass is 9.72. The predicted octanol–water partition coefficient (Wildman–Crippen LogP) is 8.72. The monoisotopic (exact) mass is 805 g/mol. The topological polar surface area (TPSA) is 211 Å². The van der Waals surface area contributed by atoms with Crippen molar-refractivity contribution >= 4 is 10.1 Å². The zero-order valence-corrected chi connectivity index (χ0v) is 31.1.